The van der Waals surface area contributed by atoms with Crippen LogP contribution in [0, 0.1) is 11.8 Å². The fourth-order valence-electron chi connectivity index (χ4n) is 0.992. The van der Waals surface area contributed by atoms with E-state index in [0.717, 1.165) is 18.4 Å². The molecule has 0 rings (SSSR count). The molecule has 0 fully saturated rings. The summed E-state index contributed by atoms with van der Waals surface area (Å²) in [5.74, 6) is 1.57. The van der Waals surface area contributed by atoms with Gasteiger partial charge in [0, 0.05) is 25.8 Å². The summed E-state index contributed by atoms with van der Waals surface area (Å²) in [6, 6.07) is 0. The molecule has 1 atom stereocenters. The molecule has 0 aliphatic carbocycles. The maximum absolute atomic E-state index is 5.49. The summed E-state index contributed by atoms with van der Waals surface area (Å²) in [6.07, 6.45) is 4.00. The van der Waals surface area contributed by atoms with Crippen LogP contribution in [0.15, 0.2) is 0 Å². The largest absolute Gasteiger partial charge is 0.330 e. The van der Waals surface area contributed by atoms with E-state index in [4.69, 9.17) is 5.73 Å². The van der Waals surface area contributed by atoms with Crippen LogP contribution >= 0.6 is 0 Å². The number of hydrogen-bond donors (Lipinski definition) is 1. The molecule has 0 aromatic heterocycles. The predicted molar refractivity (Wildman–Crippen MR) is 52.7 cm³/mol. The van der Waals surface area contributed by atoms with E-state index in [9.17, 15) is 0 Å². The van der Waals surface area contributed by atoms with Gasteiger partial charge in [0.2, 0.25) is 0 Å². The number of hydrogen-bond acceptors (Lipinski definition) is 1. The van der Waals surface area contributed by atoms with Crippen LogP contribution in [0.25, 0.3) is 0 Å². The molecule has 1 nitrogen and oxygen atoms in total. The van der Waals surface area contributed by atoms with Crippen molar-refractivity contribution in [3.8, 4) is 0 Å². The van der Waals surface area contributed by atoms with E-state index in [0.29, 0.717) is 0 Å². The molecule has 11 heavy (non-hydrogen) atoms. The minimum Gasteiger partial charge on any atom is -0.330 e. The molecule has 0 saturated carbocycles. The number of nitrogens with two attached hydrogens (primary N) is 1. The first-order chi connectivity index (χ1) is 4.66. The van der Waals surface area contributed by atoms with E-state index in [1.165, 1.54) is 19.3 Å². The molecule has 3 radical (unpaired) electrons. The van der Waals surface area contributed by atoms with Gasteiger partial charge in [-0.05, 0) is 24.8 Å². The van der Waals surface area contributed by atoms with Gasteiger partial charge in [-0.2, -0.15) is 0 Å². The second-order valence-corrected chi connectivity index (χ2v) is 3.67. The van der Waals surface area contributed by atoms with Crippen LogP contribution in [0.3, 0.4) is 0 Å². The summed E-state index contributed by atoms with van der Waals surface area (Å²) in [6.45, 7) is 7.61. The molecule has 0 spiro atoms. The monoisotopic (exact) mass is 258 g/mol. The van der Waals surface area contributed by atoms with Gasteiger partial charge in [0.25, 0.3) is 0 Å². The van der Waals surface area contributed by atoms with Crippen molar-refractivity contribution >= 4 is 25.8 Å². The summed E-state index contributed by atoms with van der Waals surface area (Å²) < 4.78 is 0. The molecule has 1 unspecified atom stereocenters. The summed E-state index contributed by atoms with van der Waals surface area (Å²) in [5.41, 5.74) is 5.49. The van der Waals surface area contributed by atoms with Crippen LogP contribution in [-0.4, -0.2) is 32.4 Å². The Morgan fingerprint density at radius 2 is 1.64 bits per heavy atom. The van der Waals surface area contributed by atoms with Crippen molar-refractivity contribution in [2.45, 2.75) is 40.0 Å². The van der Waals surface area contributed by atoms with E-state index in [1.54, 1.807) is 0 Å². The Hall–Kier alpha value is 0.830. The van der Waals surface area contributed by atoms with Crippen molar-refractivity contribution in [3.63, 3.8) is 0 Å². The molecule has 2 heteroatoms. The topological polar surface area (TPSA) is 26.0 Å². The third-order valence-corrected chi connectivity index (χ3v) is 1.88. The Labute approximate surface area is 89.9 Å². The van der Waals surface area contributed by atoms with Gasteiger partial charge in [-0.25, -0.2) is 0 Å². The van der Waals surface area contributed by atoms with Crippen molar-refractivity contribution in [2.24, 2.45) is 17.6 Å². The van der Waals surface area contributed by atoms with Crippen LogP contribution in [0.4, 0.5) is 0 Å². The molecule has 0 aromatic rings. The number of rotatable bonds is 5. The van der Waals surface area contributed by atoms with Gasteiger partial charge in [-0.3, -0.25) is 0 Å². The maximum Gasteiger partial charge on any atom is 0 e. The van der Waals surface area contributed by atoms with E-state index in [2.05, 4.69) is 20.8 Å². The molecule has 0 heterocycles. The fraction of sp³-hybridized carbons (Fsp3) is 1.00. The minimum atomic E-state index is 0. The Morgan fingerprint density at radius 3 is 2.00 bits per heavy atom. The van der Waals surface area contributed by atoms with Gasteiger partial charge in [0.15, 0.2) is 0 Å². The summed E-state index contributed by atoms with van der Waals surface area (Å²) in [7, 11) is 0. The summed E-state index contributed by atoms with van der Waals surface area (Å²) >= 11 is 0. The average molecular weight is 258 g/mol. The standard InChI is InChI=1S/C9H21N.In/c1-8(2)5-4-6-9(3)7-10;/h8-9H,4-7,10H2,1-3H3;. The van der Waals surface area contributed by atoms with E-state index in [-0.39, 0.29) is 25.8 Å². The zero-order valence-electron chi connectivity index (χ0n) is 8.14. The molecule has 0 aromatic carbocycles. The Morgan fingerprint density at radius 1 is 1.09 bits per heavy atom. The van der Waals surface area contributed by atoms with Gasteiger partial charge in [-0.15, -0.1) is 0 Å². The van der Waals surface area contributed by atoms with E-state index in [1.807, 2.05) is 0 Å². The zero-order valence-corrected chi connectivity index (χ0v) is 11.4. The average Bonchev–Trinajstić information content (AvgIpc) is 1.87. The quantitative estimate of drug-likeness (QED) is 0.802. The molecular formula is C9H21InN. The Kier molecular flexibility index (Phi) is 11.6. The third kappa shape index (κ3) is 10.8. The van der Waals surface area contributed by atoms with Gasteiger partial charge in [0.1, 0.15) is 0 Å². The normalized spacial score (nSPS) is 12.8. The second kappa shape index (κ2) is 8.92. The summed E-state index contributed by atoms with van der Waals surface area (Å²) in [4.78, 5) is 0. The van der Waals surface area contributed by atoms with Crippen molar-refractivity contribution in [3.05, 3.63) is 0 Å². The molecular weight excluding hydrogens is 237 g/mol. The first-order valence-electron chi connectivity index (χ1n) is 4.37. The van der Waals surface area contributed by atoms with Crippen LogP contribution in [0.2, 0.25) is 0 Å². The van der Waals surface area contributed by atoms with Gasteiger partial charge in [0.05, 0.1) is 0 Å². The van der Waals surface area contributed by atoms with Crippen molar-refractivity contribution in [1.29, 1.82) is 0 Å². The molecule has 65 valence electrons. The first-order valence-corrected chi connectivity index (χ1v) is 4.37. The van der Waals surface area contributed by atoms with E-state index < -0.39 is 0 Å². The Balaban J connectivity index is 0. The van der Waals surface area contributed by atoms with Crippen LogP contribution in [0.5, 0.6) is 0 Å². The predicted octanol–water partition coefficient (Wildman–Crippen LogP) is 2.03. The molecule has 0 aliphatic heterocycles. The molecule has 0 aliphatic rings. The van der Waals surface area contributed by atoms with Crippen LogP contribution in [-0.2, 0) is 0 Å². The fourth-order valence-corrected chi connectivity index (χ4v) is 0.992. The summed E-state index contributed by atoms with van der Waals surface area (Å²) in [5, 5.41) is 0. The zero-order chi connectivity index (χ0) is 7.98. The smallest absolute Gasteiger partial charge is 0 e. The SMILES string of the molecule is CC(C)CCCC(C)CN.[In]. The molecule has 0 amide bonds. The first kappa shape index (κ1) is 14.4. The van der Waals surface area contributed by atoms with E-state index >= 15 is 0 Å². The maximum atomic E-state index is 5.49. The van der Waals surface area contributed by atoms with Gasteiger partial charge < -0.3 is 5.73 Å². The Bertz CT molecular complexity index is 74.0. The molecule has 2 N–H and O–H groups in total. The van der Waals surface area contributed by atoms with Gasteiger partial charge in [-0.1, -0.05) is 33.6 Å². The minimum absolute atomic E-state index is 0. The second-order valence-electron chi connectivity index (χ2n) is 3.67. The van der Waals surface area contributed by atoms with Crippen LogP contribution < -0.4 is 5.73 Å². The van der Waals surface area contributed by atoms with Crippen molar-refractivity contribution < 1.29 is 0 Å². The van der Waals surface area contributed by atoms with Crippen molar-refractivity contribution in [2.75, 3.05) is 6.54 Å². The van der Waals surface area contributed by atoms with Crippen LogP contribution in [0.1, 0.15) is 40.0 Å². The molecule has 0 saturated heterocycles. The third-order valence-electron chi connectivity index (χ3n) is 1.88. The van der Waals surface area contributed by atoms with Gasteiger partial charge >= 0.3 is 0 Å². The molecule has 0 bridgehead atoms. The van der Waals surface area contributed by atoms with Crippen molar-refractivity contribution in [1.82, 2.24) is 0 Å².